The zero-order chi connectivity index (χ0) is 19.5. The van der Waals surface area contributed by atoms with E-state index >= 15 is 0 Å². The fourth-order valence-electron chi connectivity index (χ4n) is 2.60. The molecule has 27 heavy (non-hydrogen) atoms. The van der Waals surface area contributed by atoms with Crippen LogP contribution in [0.25, 0.3) is 0 Å². The molecule has 1 heterocycles. The van der Waals surface area contributed by atoms with Gasteiger partial charge in [0.1, 0.15) is 12.9 Å². The van der Waals surface area contributed by atoms with Gasteiger partial charge in [0.05, 0.1) is 12.7 Å². The highest BCUT2D eigenvalue weighted by atomic mass is 16.6. The molecule has 0 radical (unpaired) electrons. The predicted octanol–water partition coefficient (Wildman–Crippen LogP) is 1.76. The van der Waals surface area contributed by atoms with Crippen molar-refractivity contribution in [3.05, 3.63) is 48.2 Å². The van der Waals surface area contributed by atoms with Crippen LogP contribution in [-0.4, -0.2) is 42.5 Å². The first-order valence-electron chi connectivity index (χ1n) is 8.88. The number of nitrogens with two attached hydrogens (primary N) is 1. The van der Waals surface area contributed by atoms with Crippen LogP contribution in [0.1, 0.15) is 25.3 Å². The number of primary amides is 1. The maximum absolute atomic E-state index is 11.3. The van der Waals surface area contributed by atoms with Gasteiger partial charge >= 0.3 is 12.0 Å². The predicted molar refractivity (Wildman–Crippen MR) is 99.0 cm³/mol. The Morgan fingerprint density at radius 3 is 2.56 bits per heavy atom. The van der Waals surface area contributed by atoms with Crippen molar-refractivity contribution in [2.75, 3.05) is 19.7 Å². The Morgan fingerprint density at radius 1 is 1.22 bits per heavy atom. The van der Waals surface area contributed by atoms with Gasteiger partial charge in [-0.05, 0) is 30.5 Å². The van der Waals surface area contributed by atoms with Crippen molar-refractivity contribution in [1.29, 1.82) is 0 Å². The van der Waals surface area contributed by atoms with Crippen LogP contribution in [0, 0.1) is 5.92 Å². The summed E-state index contributed by atoms with van der Waals surface area (Å²) in [5.74, 6) is -0.935. The molecule has 1 aliphatic heterocycles. The molecule has 8 heteroatoms. The lowest BCUT2D eigenvalue weighted by Gasteiger charge is -2.31. The van der Waals surface area contributed by atoms with E-state index in [9.17, 15) is 9.59 Å². The number of rotatable bonds is 7. The molecule has 1 aromatic carbocycles. The SMILES string of the molecule is CCOC(=O)/C=C/O/N=C(\OCc1ccccc1)N1CCC(C(N)=O)CC1. The van der Waals surface area contributed by atoms with E-state index in [1.165, 1.54) is 0 Å². The molecule has 0 bridgehead atoms. The molecule has 2 rings (SSSR count). The molecule has 0 aromatic heterocycles. The molecule has 1 aromatic rings. The molecule has 0 atom stereocenters. The fraction of sp³-hybridized carbons (Fsp3) is 0.421. The summed E-state index contributed by atoms with van der Waals surface area (Å²) in [6.07, 6.45) is 3.53. The number of ether oxygens (including phenoxy) is 2. The number of piperidine rings is 1. The van der Waals surface area contributed by atoms with E-state index in [-0.39, 0.29) is 24.5 Å². The molecular formula is C19H25N3O5. The van der Waals surface area contributed by atoms with Crippen LogP contribution in [0.4, 0.5) is 0 Å². The highest BCUT2D eigenvalue weighted by Crippen LogP contribution is 2.18. The molecule has 1 fully saturated rings. The van der Waals surface area contributed by atoms with Gasteiger partial charge in [0.2, 0.25) is 5.91 Å². The molecule has 0 spiro atoms. The van der Waals surface area contributed by atoms with Crippen LogP contribution in [0.5, 0.6) is 0 Å². The summed E-state index contributed by atoms with van der Waals surface area (Å²) in [4.78, 5) is 29.6. The standard InChI is InChI=1S/C19H25N3O5/c1-2-25-17(23)10-13-27-21-19(26-14-15-6-4-3-5-7-15)22-11-8-16(9-12-22)18(20)24/h3-7,10,13,16H,2,8-9,11-12,14H2,1H3,(H2,20,24)/b13-10+,21-19-. The zero-order valence-electron chi connectivity index (χ0n) is 15.4. The second-order valence-electron chi connectivity index (χ2n) is 5.97. The zero-order valence-corrected chi connectivity index (χ0v) is 15.4. The fourth-order valence-corrected chi connectivity index (χ4v) is 2.60. The summed E-state index contributed by atoms with van der Waals surface area (Å²) >= 11 is 0. The second kappa shape index (κ2) is 10.8. The Morgan fingerprint density at radius 2 is 1.93 bits per heavy atom. The van der Waals surface area contributed by atoms with Gasteiger partial charge in [-0.1, -0.05) is 30.3 Å². The van der Waals surface area contributed by atoms with Gasteiger partial charge in [-0.25, -0.2) is 4.79 Å². The van der Waals surface area contributed by atoms with Crippen LogP contribution in [0.3, 0.4) is 0 Å². The van der Waals surface area contributed by atoms with Gasteiger partial charge in [0.25, 0.3) is 0 Å². The van der Waals surface area contributed by atoms with Gasteiger partial charge in [0.15, 0.2) is 0 Å². The molecule has 1 amide bonds. The number of nitrogens with zero attached hydrogens (tertiary/aromatic N) is 2. The van der Waals surface area contributed by atoms with E-state index in [0.29, 0.717) is 32.5 Å². The third-order valence-corrected chi connectivity index (χ3v) is 4.06. The summed E-state index contributed by atoms with van der Waals surface area (Å²) in [5, 5.41) is 3.97. The molecular weight excluding hydrogens is 350 g/mol. The molecule has 0 saturated carbocycles. The Bertz CT molecular complexity index is 667. The molecule has 0 unspecified atom stereocenters. The Hall–Kier alpha value is -3.03. The maximum Gasteiger partial charge on any atom is 0.333 e. The minimum Gasteiger partial charge on any atom is -0.463 e. The number of esters is 1. The average Bonchev–Trinajstić information content (AvgIpc) is 2.68. The first-order valence-corrected chi connectivity index (χ1v) is 8.88. The summed E-state index contributed by atoms with van der Waals surface area (Å²) in [5.41, 5.74) is 6.36. The van der Waals surface area contributed by atoms with Crippen molar-refractivity contribution >= 4 is 17.9 Å². The summed E-state index contributed by atoms with van der Waals surface area (Å²) in [6, 6.07) is 9.95. The number of carbonyl (C=O) groups excluding carboxylic acids is 2. The number of hydrogen-bond donors (Lipinski definition) is 1. The Balaban J connectivity index is 1.98. The lowest BCUT2D eigenvalue weighted by Crippen LogP contribution is -2.42. The molecule has 146 valence electrons. The monoisotopic (exact) mass is 375 g/mol. The highest BCUT2D eigenvalue weighted by Gasteiger charge is 2.26. The van der Waals surface area contributed by atoms with Crippen molar-refractivity contribution in [1.82, 2.24) is 4.90 Å². The number of amides is 1. The summed E-state index contributed by atoms with van der Waals surface area (Å²) < 4.78 is 10.6. The lowest BCUT2D eigenvalue weighted by atomic mass is 9.97. The quantitative estimate of drug-likeness (QED) is 0.195. The smallest absolute Gasteiger partial charge is 0.333 e. The Kier molecular flexibility index (Phi) is 8.15. The minimum atomic E-state index is -0.512. The molecule has 8 nitrogen and oxygen atoms in total. The maximum atomic E-state index is 11.3. The van der Waals surface area contributed by atoms with Gasteiger partial charge in [-0.3, -0.25) is 4.79 Å². The van der Waals surface area contributed by atoms with Crippen molar-refractivity contribution in [3.63, 3.8) is 0 Å². The number of carbonyl (C=O) groups is 2. The topological polar surface area (TPSA) is 103 Å². The van der Waals surface area contributed by atoms with Gasteiger partial charge in [-0.15, -0.1) is 0 Å². The lowest BCUT2D eigenvalue weighted by molar-refractivity contribution is -0.137. The number of likely N-dealkylation sites (tertiary alicyclic amines) is 1. The van der Waals surface area contributed by atoms with E-state index in [2.05, 4.69) is 5.16 Å². The average molecular weight is 375 g/mol. The summed E-state index contributed by atoms with van der Waals surface area (Å²) in [6.45, 7) is 3.47. The van der Waals surface area contributed by atoms with Crippen LogP contribution in [0.15, 0.2) is 47.8 Å². The first kappa shape index (κ1) is 20.3. The molecule has 2 N–H and O–H groups in total. The first-order chi connectivity index (χ1) is 13.1. The van der Waals surface area contributed by atoms with Crippen molar-refractivity contribution in [2.45, 2.75) is 26.4 Å². The van der Waals surface area contributed by atoms with Gasteiger partial charge < -0.3 is 24.9 Å². The van der Waals surface area contributed by atoms with E-state index in [0.717, 1.165) is 17.9 Å². The highest BCUT2D eigenvalue weighted by molar-refractivity contribution is 5.81. The van der Waals surface area contributed by atoms with E-state index in [1.54, 1.807) is 6.92 Å². The molecule has 1 aliphatic rings. The Labute approximate surface area is 158 Å². The van der Waals surface area contributed by atoms with E-state index in [1.807, 2.05) is 35.2 Å². The van der Waals surface area contributed by atoms with Gasteiger partial charge in [0, 0.05) is 19.0 Å². The van der Waals surface area contributed by atoms with E-state index < -0.39 is 5.97 Å². The van der Waals surface area contributed by atoms with Crippen molar-refractivity contribution < 1.29 is 23.9 Å². The third kappa shape index (κ3) is 7.01. The third-order valence-electron chi connectivity index (χ3n) is 4.06. The van der Waals surface area contributed by atoms with E-state index in [4.69, 9.17) is 20.0 Å². The second-order valence-corrected chi connectivity index (χ2v) is 5.97. The van der Waals surface area contributed by atoms with Crippen molar-refractivity contribution in [3.8, 4) is 0 Å². The normalized spacial score (nSPS) is 15.6. The van der Waals surface area contributed by atoms with Crippen molar-refractivity contribution in [2.24, 2.45) is 16.8 Å². The summed E-state index contributed by atoms with van der Waals surface area (Å²) in [7, 11) is 0. The number of oxime groups is 1. The number of hydrogen-bond acceptors (Lipinski definition) is 6. The molecule has 1 saturated heterocycles. The van der Waals surface area contributed by atoms with Gasteiger partial charge in [-0.2, -0.15) is 0 Å². The van der Waals surface area contributed by atoms with Crippen LogP contribution in [-0.2, 0) is 30.5 Å². The minimum absolute atomic E-state index is 0.138. The van der Waals surface area contributed by atoms with Crippen LogP contribution >= 0.6 is 0 Å². The van der Waals surface area contributed by atoms with Crippen LogP contribution < -0.4 is 5.73 Å². The number of amidine groups is 1. The van der Waals surface area contributed by atoms with Crippen LogP contribution in [0.2, 0.25) is 0 Å². The largest absolute Gasteiger partial charge is 0.463 e. The number of benzene rings is 1. The molecule has 0 aliphatic carbocycles.